The van der Waals surface area contributed by atoms with Gasteiger partial charge in [-0.3, -0.25) is 0 Å². The fourth-order valence-electron chi connectivity index (χ4n) is 3.34. The molecule has 0 amide bonds. The van der Waals surface area contributed by atoms with Crippen molar-refractivity contribution in [3.8, 4) is 0 Å². The van der Waals surface area contributed by atoms with Crippen LogP contribution in [0.2, 0.25) is 0 Å². The number of aliphatic hydroxyl groups is 1. The van der Waals surface area contributed by atoms with Gasteiger partial charge in [-0.05, 0) is 12.0 Å². The van der Waals surface area contributed by atoms with Gasteiger partial charge in [-0.2, -0.15) is 0 Å². The van der Waals surface area contributed by atoms with E-state index in [1.807, 2.05) is 4.90 Å². The second-order valence-electron chi connectivity index (χ2n) is 6.13. The Balaban J connectivity index is 2.09. The number of rotatable bonds is 4. The minimum absolute atomic E-state index is 0.0268. The number of ether oxygens (including phenoxy) is 1. The van der Waals surface area contributed by atoms with E-state index >= 15 is 0 Å². The number of thiazole rings is 1. The summed E-state index contributed by atoms with van der Waals surface area (Å²) in [6, 6.07) is -0.0268. The molecular formula is C16H20N2O4S. The molecule has 0 fully saturated rings. The molecule has 1 aromatic heterocycles. The monoisotopic (exact) mass is 336 g/mol. The summed E-state index contributed by atoms with van der Waals surface area (Å²) >= 11 is 1.58. The number of methoxy groups -OCH3 is 1. The molecule has 0 aromatic carbocycles. The lowest BCUT2D eigenvalue weighted by Gasteiger charge is -2.43. The molecule has 3 rings (SSSR count). The van der Waals surface area contributed by atoms with Gasteiger partial charge >= 0.3 is 5.97 Å². The van der Waals surface area contributed by atoms with Crippen LogP contribution in [0.3, 0.4) is 0 Å². The molecule has 0 aliphatic carbocycles. The topological polar surface area (TPSA) is 82.9 Å². The molecule has 3 atom stereocenters. The van der Waals surface area contributed by atoms with E-state index in [9.17, 15) is 15.0 Å². The van der Waals surface area contributed by atoms with Crippen molar-refractivity contribution in [3.05, 3.63) is 33.9 Å². The molecule has 0 saturated carbocycles. The average molecular weight is 336 g/mol. The van der Waals surface area contributed by atoms with Crippen molar-refractivity contribution in [2.75, 3.05) is 7.11 Å². The molecule has 0 bridgehead atoms. The number of aliphatic carboxylic acids is 1. The Hall–Kier alpha value is -1.70. The summed E-state index contributed by atoms with van der Waals surface area (Å²) in [4.78, 5) is 18.8. The van der Waals surface area contributed by atoms with Gasteiger partial charge < -0.3 is 19.8 Å². The highest BCUT2D eigenvalue weighted by atomic mass is 32.1. The third-order valence-corrected chi connectivity index (χ3v) is 5.24. The quantitative estimate of drug-likeness (QED) is 0.871. The molecule has 3 unspecified atom stereocenters. The summed E-state index contributed by atoms with van der Waals surface area (Å²) in [5.41, 5.74) is 3.34. The van der Waals surface area contributed by atoms with Crippen LogP contribution >= 0.6 is 11.3 Å². The smallest absolute Gasteiger partial charge is 0.336 e. The van der Waals surface area contributed by atoms with Gasteiger partial charge in [-0.15, -0.1) is 11.3 Å². The molecule has 2 aliphatic rings. The number of hydrogen-bond acceptors (Lipinski definition) is 6. The van der Waals surface area contributed by atoms with Gasteiger partial charge in [-0.25, -0.2) is 9.78 Å². The van der Waals surface area contributed by atoms with Crippen LogP contribution in [-0.2, 0) is 16.0 Å². The van der Waals surface area contributed by atoms with Crippen LogP contribution in [0.5, 0.6) is 0 Å². The predicted molar refractivity (Wildman–Crippen MR) is 86.8 cm³/mol. The summed E-state index contributed by atoms with van der Waals surface area (Å²) in [7, 11) is 1.68. The van der Waals surface area contributed by atoms with Gasteiger partial charge in [0.2, 0.25) is 0 Å². The van der Waals surface area contributed by atoms with E-state index in [4.69, 9.17) is 4.74 Å². The standard InChI is InChI=1S/C16H20N2O4S/c1-8(2)15(22-3)11-5-13-14(17-7-23-13)10-4-12(19)9(16(20)21)6-18(10)11/h4,6-8,11-12,15,19H,5H2,1-3H3,(H,20,21). The zero-order chi connectivity index (χ0) is 16.7. The molecule has 7 heteroatoms. The number of aliphatic hydroxyl groups excluding tert-OH is 1. The molecule has 0 spiro atoms. The Morgan fingerprint density at radius 3 is 2.87 bits per heavy atom. The van der Waals surface area contributed by atoms with E-state index in [1.165, 1.54) is 6.20 Å². The van der Waals surface area contributed by atoms with Crippen molar-refractivity contribution in [2.24, 2.45) is 5.92 Å². The molecule has 1 aromatic rings. The summed E-state index contributed by atoms with van der Waals surface area (Å²) in [6.45, 7) is 4.17. The van der Waals surface area contributed by atoms with Gasteiger partial charge in [0.1, 0.15) is 11.8 Å². The largest absolute Gasteiger partial charge is 0.478 e. The lowest BCUT2D eigenvalue weighted by Crippen LogP contribution is -2.48. The van der Waals surface area contributed by atoms with Crippen LogP contribution < -0.4 is 0 Å². The number of aromatic nitrogens is 1. The van der Waals surface area contributed by atoms with Crippen molar-refractivity contribution in [2.45, 2.75) is 38.5 Å². The van der Waals surface area contributed by atoms with Crippen LogP contribution in [0.15, 0.2) is 23.4 Å². The SMILES string of the molecule is COC(C(C)C)C1Cc2scnc2C2=CC(O)C(C(=O)O)=CN21. The number of nitrogens with zero attached hydrogens (tertiary/aromatic N) is 2. The number of carbonyl (C=O) groups is 1. The second kappa shape index (κ2) is 6.07. The number of carboxylic acids is 1. The summed E-state index contributed by atoms with van der Waals surface area (Å²) < 4.78 is 5.69. The fourth-order valence-corrected chi connectivity index (χ4v) is 4.16. The molecule has 124 valence electrons. The summed E-state index contributed by atoms with van der Waals surface area (Å²) in [5, 5.41) is 19.4. The minimum atomic E-state index is -1.13. The van der Waals surface area contributed by atoms with E-state index in [0.717, 1.165) is 22.7 Å². The predicted octanol–water partition coefficient (Wildman–Crippen LogP) is 1.72. The van der Waals surface area contributed by atoms with Crippen molar-refractivity contribution >= 4 is 23.0 Å². The third-order valence-electron chi connectivity index (χ3n) is 4.38. The zero-order valence-electron chi connectivity index (χ0n) is 13.3. The Kier molecular flexibility index (Phi) is 4.27. The molecule has 3 heterocycles. The first-order chi connectivity index (χ1) is 10.9. The molecule has 0 radical (unpaired) electrons. The first kappa shape index (κ1) is 16.2. The maximum Gasteiger partial charge on any atom is 0.336 e. The maximum absolute atomic E-state index is 11.4. The Morgan fingerprint density at radius 2 is 2.26 bits per heavy atom. The normalized spacial score (nSPS) is 24.7. The first-order valence-corrected chi connectivity index (χ1v) is 8.40. The lowest BCUT2D eigenvalue weighted by atomic mass is 9.89. The molecule has 2 aliphatic heterocycles. The molecule has 2 N–H and O–H groups in total. The first-order valence-electron chi connectivity index (χ1n) is 7.52. The fraction of sp³-hybridized carbons (Fsp3) is 0.500. The Morgan fingerprint density at radius 1 is 1.52 bits per heavy atom. The molecule has 6 nitrogen and oxygen atoms in total. The van der Waals surface area contributed by atoms with Crippen LogP contribution in [-0.4, -0.2) is 51.4 Å². The van der Waals surface area contributed by atoms with E-state index < -0.39 is 12.1 Å². The van der Waals surface area contributed by atoms with Crippen LogP contribution in [0.1, 0.15) is 24.4 Å². The van der Waals surface area contributed by atoms with Crippen molar-refractivity contribution in [1.29, 1.82) is 0 Å². The minimum Gasteiger partial charge on any atom is -0.478 e. The van der Waals surface area contributed by atoms with Crippen LogP contribution in [0, 0.1) is 5.92 Å². The van der Waals surface area contributed by atoms with E-state index in [-0.39, 0.29) is 23.6 Å². The van der Waals surface area contributed by atoms with E-state index in [0.29, 0.717) is 0 Å². The lowest BCUT2D eigenvalue weighted by molar-refractivity contribution is -0.133. The Labute approximate surface area is 138 Å². The molecule has 23 heavy (non-hydrogen) atoms. The molecular weight excluding hydrogens is 316 g/mol. The zero-order valence-corrected chi connectivity index (χ0v) is 14.1. The molecule has 0 saturated heterocycles. The third kappa shape index (κ3) is 2.69. The highest BCUT2D eigenvalue weighted by Gasteiger charge is 2.40. The van der Waals surface area contributed by atoms with Crippen molar-refractivity contribution in [1.82, 2.24) is 9.88 Å². The average Bonchev–Trinajstić information content (AvgIpc) is 2.95. The van der Waals surface area contributed by atoms with Crippen LogP contribution in [0.25, 0.3) is 5.70 Å². The second-order valence-corrected chi connectivity index (χ2v) is 7.07. The highest BCUT2D eigenvalue weighted by molar-refractivity contribution is 7.09. The van der Waals surface area contributed by atoms with Gasteiger partial charge in [0.05, 0.1) is 28.9 Å². The maximum atomic E-state index is 11.4. The van der Waals surface area contributed by atoms with Crippen molar-refractivity contribution in [3.63, 3.8) is 0 Å². The van der Waals surface area contributed by atoms with E-state index in [1.54, 1.807) is 30.0 Å². The van der Waals surface area contributed by atoms with Gasteiger partial charge in [0, 0.05) is 24.6 Å². The van der Waals surface area contributed by atoms with Crippen LogP contribution in [0.4, 0.5) is 0 Å². The summed E-state index contributed by atoms with van der Waals surface area (Å²) in [6.07, 6.45) is 2.65. The van der Waals surface area contributed by atoms with Gasteiger partial charge in [0.25, 0.3) is 0 Å². The van der Waals surface area contributed by atoms with E-state index in [2.05, 4.69) is 18.8 Å². The van der Waals surface area contributed by atoms with Crippen molar-refractivity contribution < 1.29 is 19.7 Å². The number of carboxylic acid groups (broad SMARTS) is 1. The number of hydrogen-bond donors (Lipinski definition) is 2. The Bertz CT molecular complexity index is 679. The summed E-state index contributed by atoms with van der Waals surface area (Å²) in [5.74, 6) is -0.844. The van der Waals surface area contributed by atoms with Gasteiger partial charge in [0.15, 0.2) is 0 Å². The number of fused-ring (bicyclic) bond motifs is 3. The van der Waals surface area contributed by atoms with Gasteiger partial charge in [-0.1, -0.05) is 13.8 Å². The highest BCUT2D eigenvalue weighted by Crippen LogP contribution is 2.39.